The number of nitrogens with zero attached hydrogens (tertiary/aromatic N) is 3. The van der Waals surface area contributed by atoms with E-state index in [0.717, 1.165) is 16.9 Å². The number of aromatic nitrogens is 2. The van der Waals surface area contributed by atoms with E-state index in [4.69, 9.17) is 4.74 Å². The van der Waals surface area contributed by atoms with Crippen molar-refractivity contribution in [3.05, 3.63) is 47.8 Å². The summed E-state index contributed by atoms with van der Waals surface area (Å²) in [5.41, 5.74) is 1.87. The Morgan fingerprint density at radius 1 is 1.28 bits per heavy atom. The lowest BCUT2D eigenvalue weighted by Gasteiger charge is -2.16. The molecule has 0 spiro atoms. The van der Waals surface area contributed by atoms with Crippen molar-refractivity contribution in [2.24, 2.45) is 13.0 Å². The van der Waals surface area contributed by atoms with Crippen LogP contribution in [0.1, 0.15) is 31.4 Å². The fraction of sp³-hybridized carbons (Fsp3) is 0.421. The van der Waals surface area contributed by atoms with E-state index < -0.39 is 0 Å². The highest BCUT2D eigenvalue weighted by molar-refractivity contribution is 6.03. The van der Waals surface area contributed by atoms with Crippen molar-refractivity contribution in [1.82, 2.24) is 14.7 Å². The highest BCUT2D eigenvalue weighted by atomic mass is 16.5. The van der Waals surface area contributed by atoms with Crippen molar-refractivity contribution >= 4 is 11.8 Å². The Hall–Kier alpha value is -2.63. The topological polar surface area (TPSA) is 64.4 Å². The molecule has 6 nitrogen and oxygen atoms in total. The summed E-state index contributed by atoms with van der Waals surface area (Å²) in [6, 6.07) is 7.55. The first-order valence-electron chi connectivity index (χ1n) is 8.49. The van der Waals surface area contributed by atoms with Gasteiger partial charge in [-0.25, -0.2) is 0 Å². The third-order valence-electron chi connectivity index (χ3n) is 4.19. The van der Waals surface area contributed by atoms with Crippen molar-refractivity contribution < 1.29 is 14.3 Å². The van der Waals surface area contributed by atoms with Crippen LogP contribution in [0, 0.1) is 5.92 Å². The van der Waals surface area contributed by atoms with E-state index in [1.54, 1.807) is 10.9 Å². The van der Waals surface area contributed by atoms with Crippen molar-refractivity contribution in [2.45, 2.75) is 39.3 Å². The van der Waals surface area contributed by atoms with Crippen LogP contribution in [0.3, 0.4) is 0 Å². The Morgan fingerprint density at radius 2 is 2.08 bits per heavy atom. The summed E-state index contributed by atoms with van der Waals surface area (Å²) in [5.74, 6) is 0.225. The van der Waals surface area contributed by atoms with Gasteiger partial charge in [-0.15, -0.1) is 0 Å². The van der Waals surface area contributed by atoms with E-state index in [1.165, 1.54) is 4.90 Å². The summed E-state index contributed by atoms with van der Waals surface area (Å²) in [6.07, 6.45) is 4.51. The second kappa shape index (κ2) is 7.09. The van der Waals surface area contributed by atoms with Gasteiger partial charge in [-0.3, -0.25) is 19.2 Å². The maximum atomic E-state index is 12.6. The van der Waals surface area contributed by atoms with Gasteiger partial charge in [0.25, 0.3) is 0 Å². The van der Waals surface area contributed by atoms with Crippen molar-refractivity contribution in [3.8, 4) is 5.75 Å². The Labute approximate surface area is 147 Å². The molecule has 0 radical (unpaired) electrons. The Balaban J connectivity index is 1.68. The first-order chi connectivity index (χ1) is 11.9. The number of carbonyl (C=O) groups excluding carboxylic acids is 2. The molecule has 1 saturated heterocycles. The fourth-order valence-electron chi connectivity index (χ4n) is 3.11. The summed E-state index contributed by atoms with van der Waals surface area (Å²) >= 11 is 0. The van der Waals surface area contributed by atoms with E-state index >= 15 is 0 Å². The molecule has 0 N–H and O–H groups in total. The maximum Gasteiger partial charge on any atom is 0.233 e. The minimum absolute atomic E-state index is 0.0779. The number of rotatable bonds is 6. The predicted molar refractivity (Wildman–Crippen MR) is 92.8 cm³/mol. The first-order valence-corrected chi connectivity index (χ1v) is 8.49. The van der Waals surface area contributed by atoms with Crippen LogP contribution in [0.15, 0.2) is 36.7 Å². The van der Waals surface area contributed by atoms with Crippen LogP contribution in [0.25, 0.3) is 0 Å². The van der Waals surface area contributed by atoms with Crippen LogP contribution in [0.4, 0.5) is 0 Å². The molecular formula is C19H23N3O3. The van der Waals surface area contributed by atoms with E-state index in [2.05, 4.69) is 5.10 Å². The Bertz CT molecular complexity index is 782. The lowest BCUT2D eigenvalue weighted by atomic mass is 10.0. The van der Waals surface area contributed by atoms with Crippen molar-refractivity contribution in [2.75, 3.05) is 0 Å². The van der Waals surface area contributed by atoms with Crippen LogP contribution in [0.2, 0.25) is 0 Å². The van der Waals surface area contributed by atoms with Crippen molar-refractivity contribution in [3.63, 3.8) is 0 Å². The van der Waals surface area contributed by atoms with E-state index in [9.17, 15) is 9.59 Å². The number of hydrogen-bond donors (Lipinski definition) is 0. The van der Waals surface area contributed by atoms with Gasteiger partial charge in [-0.05, 0) is 43.5 Å². The molecule has 1 aromatic carbocycles. The zero-order chi connectivity index (χ0) is 18.0. The van der Waals surface area contributed by atoms with E-state index in [1.807, 2.05) is 51.4 Å². The summed E-state index contributed by atoms with van der Waals surface area (Å²) in [4.78, 5) is 26.3. The van der Waals surface area contributed by atoms with Gasteiger partial charge in [0.15, 0.2) is 0 Å². The van der Waals surface area contributed by atoms with Crippen LogP contribution < -0.4 is 4.74 Å². The third-order valence-corrected chi connectivity index (χ3v) is 4.19. The van der Waals surface area contributed by atoms with Gasteiger partial charge in [0.05, 0.1) is 24.8 Å². The average Bonchev–Trinajstić information content (AvgIpc) is 3.06. The van der Waals surface area contributed by atoms with Crippen LogP contribution in [0.5, 0.6) is 5.75 Å². The standard InChI is InChI=1S/C19H23N3O3/c1-13(2)25-17-6-4-5-14(8-17)12-22-18(23)9-16(19(22)24)7-15-10-20-21(3)11-15/h4-6,8,10-11,13,16H,7,9,12H2,1-3H3/t16-/m0/s1. The number of likely N-dealkylation sites (tertiary alicyclic amines) is 1. The Kier molecular flexibility index (Phi) is 4.88. The molecule has 1 aliphatic rings. The van der Waals surface area contributed by atoms with Gasteiger partial charge >= 0.3 is 0 Å². The third kappa shape index (κ3) is 4.07. The minimum Gasteiger partial charge on any atom is -0.491 e. The molecular weight excluding hydrogens is 318 g/mol. The van der Waals surface area contributed by atoms with Gasteiger partial charge in [-0.2, -0.15) is 5.10 Å². The maximum absolute atomic E-state index is 12.6. The molecule has 1 fully saturated rings. The average molecular weight is 341 g/mol. The normalized spacial score (nSPS) is 17.6. The molecule has 1 aromatic heterocycles. The van der Waals surface area contributed by atoms with E-state index in [0.29, 0.717) is 6.42 Å². The molecule has 2 aromatic rings. The summed E-state index contributed by atoms with van der Waals surface area (Å²) in [5, 5.41) is 4.12. The molecule has 2 heterocycles. The quantitative estimate of drug-likeness (QED) is 0.757. The summed E-state index contributed by atoms with van der Waals surface area (Å²) in [6.45, 7) is 4.21. The van der Waals surface area contributed by atoms with Gasteiger partial charge in [0.1, 0.15) is 5.75 Å². The largest absolute Gasteiger partial charge is 0.491 e. The number of imide groups is 1. The number of aryl methyl sites for hydroxylation is 1. The zero-order valence-electron chi connectivity index (χ0n) is 14.8. The molecule has 0 aliphatic carbocycles. The summed E-state index contributed by atoms with van der Waals surface area (Å²) < 4.78 is 7.38. The van der Waals surface area contributed by atoms with Gasteiger partial charge in [0.2, 0.25) is 11.8 Å². The smallest absolute Gasteiger partial charge is 0.233 e. The molecule has 2 amide bonds. The molecule has 6 heteroatoms. The molecule has 1 atom stereocenters. The lowest BCUT2D eigenvalue weighted by molar-refractivity contribution is -0.140. The second-order valence-electron chi connectivity index (χ2n) is 6.76. The highest BCUT2D eigenvalue weighted by Crippen LogP contribution is 2.26. The minimum atomic E-state index is -0.299. The SMILES string of the molecule is CC(C)Oc1cccc(CN2C(=O)C[C@H](Cc3cnn(C)c3)C2=O)c1. The zero-order valence-corrected chi connectivity index (χ0v) is 14.8. The summed E-state index contributed by atoms with van der Waals surface area (Å²) in [7, 11) is 1.84. The number of benzene rings is 1. The molecule has 0 bridgehead atoms. The van der Waals surface area contributed by atoms with Crippen molar-refractivity contribution in [1.29, 1.82) is 0 Å². The Morgan fingerprint density at radius 3 is 2.76 bits per heavy atom. The first kappa shape index (κ1) is 17.2. The number of hydrogen-bond acceptors (Lipinski definition) is 4. The lowest BCUT2D eigenvalue weighted by Crippen LogP contribution is -2.30. The fourth-order valence-corrected chi connectivity index (χ4v) is 3.11. The van der Waals surface area contributed by atoms with Crippen LogP contribution in [-0.4, -0.2) is 32.6 Å². The van der Waals surface area contributed by atoms with Gasteiger partial charge in [-0.1, -0.05) is 12.1 Å². The number of ether oxygens (including phenoxy) is 1. The monoisotopic (exact) mass is 341 g/mol. The van der Waals surface area contributed by atoms with Gasteiger partial charge in [0, 0.05) is 19.7 Å². The van der Waals surface area contributed by atoms with Gasteiger partial charge < -0.3 is 4.74 Å². The van der Waals surface area contributed by atoms with Crippen LogP contribution >= 0.6 is 0 Å². The molecule has 1 aliphatic heterocycles. The number of amides is 2. The molecule has 0 unspecified atom stereocenters. The number of carbonyl (C=O) groups is 2. The molecule has 0 saturated carbocycles. The van der Waals surface area contributed by atoms with Crippen LogP contribution in [-0.2, 0) is 29.6 Å². The molecule has 132 valence electrons. The molecule has 3 rings (SSSR count). The molecule has 25 heavy (non-hydrogen) atoms. The highest BCUT2D eigenvalue weighted by Gasteiger charge is 2.38. The second-order valence-corrected chi connectivity index (χ2v) is 6.76. The predicted octanol–water partition coefficient (Wildman–Crippen LogP) is 2.33. The van der Waals surface area contributed by atoms with E-state index in [-0.39, 0.29) is 36.8 Å².